The fourth-order valence-electron chi connectivity index (χ4n) is 3.04. The van der Waals surface area contributed by atoms with E-state index in [2.05, 4.69) is 10.5 Å². The van der Waals surface area contributed by atoms with Gasteiger partial charge in [0.2, 0.25) is 0 Å². The molecular weight excluding hydrogens is 264 g/mol. The normalized spacial score (nSPS) is 26.9. The van der Waals surface area contributed by atoms with Gasteiger partial charge < -0.3 is 5.11 Å². The molecule has 19 heavy (non-hydrogen) atoms. The molecule has 2 aliphatic carbocycles. The molecule has 1 aromatic carbocycles. The minimum absolute atomic E-state index is 0.0879. The lowest BCUT2D eigenvalue weighted by molar-refractivity contribution is 0.0952. The molecule has 2 aliphatic rings. The molecular formula is C14H15ClN2O2. The summed E-state index contributed by atoms with van der Waals surface area (Å²) in [6, 6.07) is 4.38. The van der Waals surface area contributed by atoms with Gasteiger partial charge in [-0.25, -0.2) is 5.43 Å². The van der Waals surface area contributed by atoms with Crippen molar-refractivity contribution < 1.29 is 9.90 Å². The van der Waals surface area contributed by atoms with E-state index in [0.717, 1.165) is 18.1 Å². The predicted octanol–water partition coefficient (Wildman–Crippen LogP) is 2.95. The first-order valence-electron chi connectivity index (χ1n) is 6.49. The zero-order chi connectivity index (χ0) is 13.4. The minimum Gasteiger partial charge on any atom is -0.507 e. The molecule has 0 spiro atoms. The minimum atomic E-state index is -0.421. The van der Waals surface area contributed by atoms with Crippen LogP contribution in [0.2, 0.25) is 5.02 Å². The molecule has 3 rings (SSSR count). The van der Waals surface area contributed by atoms with E-state index >= 15 is 0 Å². The van der Waals surface area contributed by atoms with E-state index in [9.17, 15) is 9.90 Å². The highest BCUT2D eigenvalue weighted by Crippen LogP contribution is 2.42. The van der Waals surface area contributed by atoms with Gasteiger partial charge in [-0.2, -0.15) is 5.10 Å². The lowest BCUT2D eigenvalue weighted by Gasteiger charge is -2.12. The molecule has 4 nitrogen and oxygen atoms in total. The van der Waals surface area contributed by atoms with Crippen molar-refractivity contribution in [2.24, 2.45) is 16.9 Å². The Balaban J connectivity index is 1.72. The Labute approximate surface area is 116 Å². The lowest BCUT2D eigenvalue weighted by atomic mass is 9.99. The van der Waals surface area contributed by atoms with E-state index in [0.29, 0.717) is 10.9 Å². The molecule has 0 radical (unpaired) electrons. The first kappa shape index (κ1) is 12.5. The van der Waals surface area contributed by atoms with Gasteiger partial charge in [0, 0.05) is 10.7 Å². The average molecular weight is 279 g/mol. The van der Waals surface area contributed by atoms with Gasteiger partial charge in [-0.1, -0.05) is 11.6 Å². The molecule has 5 heteroatoms. The Bertz CT molecular complexity index is 556. The molecule has 1 aromatic rings. The largest absolute Gasteiger partial charge is 0.507 e. The summed E-state index contributed by atoms with van der Waals surface area (Å²) in [6.45, 7) is 0. The van der Waals surface area contributed by atoms with Gasteiger partial charge in [0.15, 0.2) is 0 Å². The third-order valence-corrected chi connectivity index (χ3v) is 4.25. The van der Waals surface area contributed by atoms with Gasteiger partial charge in [-0.05, 0) is 55.7 Å². The van der Waals surface area contributed by atoms with Crippen molar-refractivity contribution in [3.63, 3.8) is 0 Å². The molecule has 2 saturated carbocycles. The second-order valence-corrected chi connectivity index (χ2v) is 5.72. The first-order chi connectivity index (χ1) is 9.13. The number of phenolic OH excluding ortho intramolecular Hbond substituents is 1. The standard InChI is InChI=1S/C14H15ClN2O2/c15-10-3-4-13(18)11(7-10)14(19)17-16-12-6-8-1-2-9(12)5-8/h3-4,7-9,18H,1-2,5-6H2,(H,17,19)/b16-12-. The van der Waals surface area contributed by atoms with E-state index in [-0.39, 0.29) is 11.3 Å². The summed E-state index contributed by atoms with van der Waals surface area (Å²) >= 11 is 5.81. The van der Waals surface area contributed by atoms with Crippen molar-refractivity contribution in [3.05, 3.63) is 28.8 Å². The summed E-state index contributed by atoms with van der Waals surface area (Å²) in [5.74, 6) is 0.781. The highest BCUT2D eigenvalue weighted by molar-refractivity contribution is 6.31. The lowest BCUT2D eigenvalue weighted by Crippen LogP contribution is -2.22. The fourth-order valence-corrected chi connectivity index (χ4v) is 3.21. The molecule has 2 atom stereocenters. The van der Waals surface area contributed by atoms with Crippen molar-refractivity contribution in [2.75, 3.05) is 0 Å². The molecule has 2 unspecified atom stereocenters. The smallest absolute Gasteiger partial charge is 0.275 e. The zero-order valence-corrected chi connectivity index (χ0v) is 11.2. The highest BCUT2D eigenvalue weighted by Gasteiger charge is 2.36. The number of fused-ring (bicyclic) bond motifs is 2. The van der Waals surface area contributed by atoms with Crippen LogP contribution in [0.3, 0.4) is 0 Å². The number of nitrogens with zero attached hydrogens (tertiary/aromatic N) is 1. The van der Waals surface area contributed by atoms with Crippen LogP contribution in [-0.4, -0.2) is 16.7 Å². The number of carbonyl (C=O) groups excluding carboxylic acids is 1. The van der Waals surface area contributed by atoms with Crippen LogP contribution in [0.15, 0.2) is 23.3 Å². The summed E-state index contributed by atoms with van der Waals surface area (Å²) in [4.78, 5) is 11.9. The number of hydrogen-bond acceptors (Lipinski definition) is 3. The highest BCUT2D eigenvalue weighted by atomic mass is 35.5. The van der Waals surface area contributed by atoms with E-state index in [1.807, 2.05) is 0 Å². The average Bonchev–Trinajstić information content (AvgIpc) is 3.01. The molecule has 0 aliphatic heterocycles. The third-order valence-electron chi connectivity index (χ3n) is 4.01. The van der Waals surface area contributed by atoms with Gasteiger partial charge in [0.05, 0.1) is 5.56 Å². The van der Waals surface area contributed by atoms with Crippen molar-refractivity contribution in [3.8, 4) is 5.75 Å². The molecule has 100 valence electrons. The number of rotatable bonds is 2. The first-order valence-corrected chi connectivity index (χ1v) is 6.86. The number of phenols is 1. The van der Waals surface area contributed by atoms with Crippen LogP contribution in [0, 0.1) is 11.8 Å². The van der Waals surface area contributed by atoms with Gasteiger partial charge in [-0.15, -0.1) is 0 Å². The Morgan fingerprint density at radius 3 is 2.95 bits per heavy atom. The number of nitrogens with one attached hydrogen (secondary N) is 1. The van der Waals surface area contributed by atoms with Crippen LogP contribution in [0.25, 0.3) is 0 Å². The summed E-state index contributed by atoms with van der Waals surface area (Å²) in [5, 5.41) is 14.3. The number of carbonyl (C=O) groups is 1. The molecule has 0 saturated heterocycles. The summed E-state index contributed by atoms with van der Waals surface area (Å²) < 4.78 is 0. The van der Waals surface area contributed by atoms with E-state index in [1.165, 1.54) is 37.5 Å². The topological polar surface area (TPSA) is 61.7 Å². The maximum atomic E-state index is 11.9. The third kappa shape index (κ3) is 2.45. The molecule has 0 aromatic heterocycles. The zero-order valence-electron chi connectivity index (χ0n) is 10.4. The summed E-state index contributed by atoms with van der Waals surface area (Å²) in [5.41, 5.74) is 3.77. The number of hydrogen-bond donors (Lipinski definition) is 2. The Hall–Kier alpha value is -1.55. The number of aromatic hydroxyl groups is 1. The summed E-state index contributed by atoms with van der Waals surface area (Å²) in [6.07, 6.45) is 4.66. The molecule has 2 bridgehead atoms. The van der Waals surface area contributed by atoms with Gasteiger partial charge in [0.1, 0.15) is 5.75 Å². The Morgan fingerprint density at radius 2 is 2.26 bits per heavy atom. The number of halogens is 1. The number of amides is 1. The van der Waals surface area contributed by atoms with Crippen LogP contribution in [-0.2, 0) is 0 Å². The second-order valence-electron chi connectivity index (χ2n) is 5.29. The number of hydrazone groups is 1. The van der Waals surface area contributed by atoms with Crippen molar-refractivity contribution >= 4 is 23.2 Å². The molecule has 0 heterocycles. The Morgan fingerprint density at radius 1 is 1.42 bits per heavy atom. The Kier molecular flexibility index (Phi) is 3.19. The quantitative estimate of drug-likeness (QED) is 0.817. The maximum Gasteiger partial charge on any atom is 0.275 e. The van der Waals surface area contributed by atoms with Crippen molar-refractivity contribution in [1.82, 2.24) is 5.43 Å². The maximum absolute atomic E-state index is 11.9. The molecule has 2 N–H and O–H groups in total. The van der Waals surface area contributed by atoms with Crippen molar-refractivity contribution in [2.45, 2.75) is 25.7 Å². The van der Waals surface area contributed by atoms with E-state index in [1.54, 1.807) is 0 Å². The van der Waals surface area contributed by atoms with E-state index in [4.69, 9.17) is 11.6 Å². The van der Waals surface area contributed by atoms with Crippen LogP contribution in [0.4, 0.5) is 0 Å². The fraction of sp³-hybridized carbons (Fsp3) is 0.429. The molecule has 1 amide bonds. The van der Waals surface area contributed by atoms with Gasteiger partial charge in [-0.3, -0.25) is 4.79 Å². The second kappa shape index (κ2) is 4.85. The SMILES string of the molecule is O=C(N/N=C1/CC2CCC1C2)c1cc(Cl)ccc1O. The van der Waals surface area contributed by atoms with Crippen LogP contribution >= 0.6 is 11.6 Å². The predicted molar refractivity (Wildman–Crippen MR) is 73.5 cm³/mol. The van der Waals surface area contributed by atoms with Gasteiger partial charge >= 0.3 is 0 Å². The van der Waals surface area contributed by atoms with Crippen LogP contribution in [0.5, 0.6) is 5.75 Å². The summed E-state index contributed by atoms with van der Waals surface area (Å²) in [7, 11) is 0. The number of benzene rings is 1. The monoisotopic (exact) mass is 278 g/mol. The van der Waals surface area contributed by atoms with Crippen molar-refractivity contribution in [1.29, 1.82) is 0 Å². The van der Waals surface area contributed by atoms with E-state index < -0.39 is 5.91 Å². The molecule has 2 fully saturated rings. The van der Waals surface area contributed by atoms with Gasteiger partial charge in [0.25, 0.3) is 5.91 Å². The van der Waals surface area contributed by atoms with Crippen LogP contribution < -0.4 is 5.43 Å². The van der Waals surface area contributed by atoms with Crippen LogP contribution in [0.1, 0.15) is 36.0 Å².